The summed E-state index contributed by atoms with van der Waals surface area (Å²) >= 11 is 0. The summed E-state index contributed by atoms with van der Waals surface area (Å²) in [6, 6.07) is 7.37. The van der Waals surface area contributed by atoms with Crippen LogP contribution >= 0.6 is 24.8 Å². The molecule has 1 aromatic carbocycles. The summed E-state index contributed by atoms with van der Waals surface area (Å²) < 4.78 is 0. The summed E-state index contributed by atoms with van der Waals surface area (Å²) in [5, 5.41) is 0. The molecule has 0 aromatic heterocycles. The van der Waals surface area contributed by atoms with E-state index in [0.29, 0.717) is 11.3 Å². The highest BCUT2D eigenvalue weighted by Crippen LogP contribution is 2.23. The lowest BCUT2D eigenvalue weighted by atomic mass is 9.95. The molecule has 2 aliphatic heterocycles. The van der Waals surface area contributed by atoms with Gasteiger partial charge in [0.25, 0.3) is 5.91 Å². The molecule has 2 N–H and O–H groups in total. The van der Waals surface area contributed by atoms with Gasteiger partial charge in [0.1, 0.15) is 0 Å². The van der Waals surface area contributed by atoms with Crippen molar-refractivity contribution in [3.8, 4) is 0 Å². The molecular weight excluding hydrogens is 333 g/mol. The van der Waals surface area contributed by atoms with Crippen molar-refractivity contribution < 1.29 is 4.79 Å². The Morgan fingerprint density at radius 3 is 2.26 bits per heavy atom. The van der Waals surface area contributed by atoms with Crippen LogP contribution in [0.3, 0.4) is 0 Å². The standard InChI is InChI=1S/C17H25N3O.2ClH/c18-16-6-2-1-5-15(16)17(21)20-11-7-14(8-12-20)13-19-9-3-4-10-19;;/h1-2,5-6,14H,3-4,7-13,18H2;2*1H. The Hall–Kier alpha value is -0.970. The van der Waals surface area contributed by atoms with Gasteiger partial charge >= 0.3 is 0 Å². The van der Waals surface area contributed by atoms with E-state index in [9.17, 15) is 4.79 Å². The number of benzene rings is 1. The topological polar surface area (TPSA) is 49.6 Å². The van der Waals surface area contributed by atoms with E-state index in [1.165, 1.54) is 32.5 Å². The first-order valence-electron chi connectivity index (χ1n) is 8.10. The average molecular weight is 360 g/mol. The molecule has 1 amide bonds. The maximum atomic E-state index is 12.5. The minimum atomic E-state index is 0. The zero-order valence-electron chi connectivity index (χ0n) is 13.4. The summed E-state index contributed by atoms with van der Waals surface area (Å²) in [5.41, 5.74) is 7.14. The first-order chi connectivity index (χ1) is 10.2. The fraction of sp³-hybridized carbons (Fsp3) is 0.588. The monoisotopic (exact) mass is 359 g/mol. The van der Waals surface area contributed by atoms with E-state index in [2.05, 4.69) is 4.90 Å². The lowest BCUT2D eigenvalue weighted by molar-refractivity contribution is 0.0674. The number of piperidine rings is 1. The van der Waals surface area contributed by atoms with Crippen molar-refractivity contribution in [3.63, 3.8) is 0 Å². The van der Waals surface area contributed by atoms with Gasteiger partial charge in [-0.05, 0) is 56.8 Å². The van der Waals surface area contributed by atoms with Crippen LogP contribution in [0.2, 0.25) is 0 Å². The van der Waals surface area contributed by atoms with Crippen molar-refractivity contribution in [3.05, 3.63) is 29.8 Å². The van der Waals surface area contributed by atoms with E-state index in [1.807, 2.05) is 23.1 Å². The van der Waals surface area contributed by atoms with Crippen molar-refractivity contribution in [1.29, 1.82) is 0 Å². The molecule has 0 radical (unpaired) electrons. The van der Waals surface area contributed by atoms with E-state index in [0.717, 1.165) is 31.8 Å². The Balaban J connectivity index is 0.00000132. The largest absolute Gasteiger partial charge is 0.398 e. The van der Waals surface area contributed by atoms with Crippen molar-refractivity contribution in [2.75, 3.05) is 38.5 Å². The number of hydrogen-bond acceptors (Lipinski definition) is 3. The van der Waals surface area contributed by atoms with E-state index in [1.54, 1.807) is 6.07 Å². The number of carbonyl (C=O) groups excluding carboxylic acids is 1. The van der Waals surface area contributed by atoms with Crippen LogP contribution in [0.1, 0.15) is 36.0 Å². The average Bonchev–Trinajstić information content (AvgIpc) is 3.01. The number of anilines is 1. The molecule has 130 valence electrons. The Morgan fingerprint density at radius 2 is 1.65 bits per heavy atom. The van der Waals surface area contributed by atoms with Crippen LogP contribution in [-0.2, 0) is 0 Å². The minimum Gasteiger partial charge on any atom is -0.398 e. The molecule has 0 saturated carbocycles. The van der Waals surface area contributed by atoms with Crippen molar-refractivity contribution in [2.24, 2.45) is 5.92 Å². The molecule has 0 atom stereocenters. The maximum Gasteiger partial charge on any atom is 0.255 e. The van der Waals surface area contributed by atoms with Gasteiger partial charge in [0.2, 0.25) is 0 Å². The second kappa shape index (κ2) is 9.36. The van der Waals surface area contributed by atoms with Crippen LogP contribution in [0.15, 0.2) is 24.3 Å². The number of carbonyl (C=O) groups is 1. The summed E-state index contributed by atoms with van der Waals surface area (Å²) in [6.45, 7) is 5.48. The first-order valence-corrected chi connectivity index (χ1v) is 8.10. The maximum absolute atomic E-state index is 12.5. The van der Waals surface area contributed by atoms with E-state index >= 15 is 0 Å². The SMILES string of the molecule is Cl.Cl.Nc1ccccc1C(=O)N1CCC(CN2CCCC2)CC1. The molecule has 4 nitrogen and oxygen atoms in total. The molecule has 2 fully saturated rings. The number of nitrogens with zero attached hydrogens (tertiary/aromatic N) is 2. The molecule has 23 heavy (non-hydrogen) atoms. The third kappa shape index (κ3) is 5.00. The smallest absolute Gasteiger partial charge is 0.255 e. The molecule has 2 heterocycles. The van der Waals surface area contributed by atoms with Gasteiger partial charge in [-0.1, -0.05) is 12.1 Å². The fourth-order valence-electron chi connectivity index (χ4n) is 3.51. The summed E-state index contributed by atoms with van der Waals surface area (Å²) in [5.74, 6) is 0.841. The zero-order chi connectivity index (χ0) is 14.7. The van der Waals surface area contributed by atoms with E-state index < -0.39 is 0 Å². The lowest BCUT2D eigenvalue weighted by Crippen LogP contribution is -2.41. The third-order valence-electron chi connectivity index (χ3n) is 4.81. The molecule has 0 spiro atoms. The van der Waals surface area contributed by atoms with Gasteiger partial charge in [-0.2, -0.15) is 0 Å². The number of para-hydroxylation sites is 1. The number of hydrogen-bond donors (Lipinski definition) is 1. The quantitative estimate of drug-likeness (QED) is 0.843. The van der Waals surface area contributed by atoms with Crippen LogP contribution in [0, 0.1) is 5.92 Å². The van der Waals surface area contributed by atoms with Crippen LogP contribution in [0.25, 0.3) is 0 Å². The zero-order valence-corrected chi connectivity index (χ0v) is 15.1. The molecule has 0 bridgehead atoms. The lowest BCUT2D eigenvalue weighted by Gasteiger charge is -2.34. The van der Waals surface area contributed by atoms with Gasteiger partial charge in [-0.3, -0.25) is 4.79 Å². The van der Waals surface area contributed by atoms with Crippen LogP contribution in [-0.4, -0.2) is 48.4 Å². The fourth-order valence-corrected chi connectivity index (χ4v) is 3.51. The van der Waals surface area contributed by atoms with Gasteiger partial charge in [0.05, 0.1) is 5.56 Å². The highest BCUT2D eigenvalue weighted by atomic mass is 35.5. The predicted molar refractivity (Wildman–Crippen MR) is 99.7 cm³/mol. The van der Waals surface area contributed by atoms with Gasteiger partial charge < -0.3 is 15.5 Å². The van der Waals surface area contributed by atoms with E-state index in [-0.39, 0.29) is 30.7 Å². The first kappa shape index (κ1) is 20.1. The number of likely N-dealkylation sites (tertiary alicyclic amines) is 2. The molecule has 6 heteroatoms. The molecule has 2 aliphatic rings. The van der Waals surface area contributed by atoms with E-state index in [4.69, 9.17) is 5.73 Å². The highest BCUT2D eigenvalue weighted by molar-refractivity contribution is 5.99. The van der Waals surface area contributed by atoms with Crippen LogP contribution < -0.4 is 5.73 Å². The van der Waals surface area contributed by atoms with Crippen LogP contribution in [0.5, 0.6) is 0 Å². The molecular formula is C17H27Cl2N3O. The second-order valence-corrected chi connectivity index (χ2v) is 6.33. The molecule has 1 aromatic rings. The number of nitrogens with two attached hydrogens (primary N) is 1. The van der Waals surface area contributed by atoms with Crippen molar-refractivity contribution >= 4 is 36.4 Å². The second-order valence-electron chi connectivity index (χ2n) is 6.33. The van der Waals surface area contributed by atoms with Crippen LogP contribution in [0.4, 0.5) is 5.69 Å². The summed E-state index contributed by atoms with van der Waals surface area (Å²) in [7, 11) is 0. The molecule has 0 aliphatic carbocycles. The van der Waals surface area contributed by atoms with Crippen molar-refractivity contribution in [2.45, 2.75) is 25.7 Å². The summed E-state index contributed by atoms with van der Waals surface area (Å²) in [6.07, 6.45) is 4.94. The number of rotatable bonds is 3. The Bertz CT molecular complexity index is 498. The minimum absolute atomic E-state index is 0. The third-order valence-corrected chi connectivity index (χ3v) is 4.81. The summed E-state index contributed by atoms with van der Waals surface area (Å²) in [4.78, 5) is 17.1. The Labute approximate surface area is 151 Å². The number of halogens is 2. The predicted octanol–water partition coefficient (Wildman–Crippen LogP) is 3.06. The Morgan fingerprint density at radius 1 is 1.04 bits per heavy atom. The number of nitrogen functional groups attached to an aromatic ring is 1. The van der Waals surface area contributed by atoms with Crippen molar-refractivity contribution in [1.82, 2.24) is 9.80 Å². The normalized spacial score (nSPS) is 19.0. The molecule has 3 rings (SSSR count). The number of amides is 1. The molecule has 2 saturated heterocycles. The molecule has 0 unspecified atom stereocenters. The van der Waals surface area contributed by atoms with Gasteiger partial charge in [0.15, 0.2) is 0 Å². The van der Waals surface area contributed by atoms with Gasteiger partial charge in [-0.15, -0.1) is 24.8 Å². The highest BCUT2D eigenvalue weighted by Gasteiger charge is 2.26. The van der Waals surface area contributed by atoms with Gasteiger partial charge in [-0.25, -0.2) is 0 Å². The Kier molecular flexibility index (Phi) is 8.17. The van der Waals surface area contributed by atoms with Gasteiger partial charge in [0, 0.05) is 25.3 Å².